The normalized spacial score (nSPS) is 10.5. The molecule has 0 fully saturated rings. The van der Waals surface area contributed by atoms with E-state index in [0.29, 0.717) is 5.92 Å². The number of benzene rings is 1. The molecule has 0 aliphatic carbocycles. The molecule has 1 aromatic rings. The Labute approximate surface area is 97.7 Å². The van der Waals surface area contributed by atoms with Gasteiger partial charge in [-0.2, -0.15) is 0 Å². The summed E-state index contributed by atoms with van der Waals surface area (Å²) in [6.07, 6.45) is 0. The summed E-state index contributed by atoms with van der Waals surface area (Å²) < 4.78 is 10.7. The predicted molar refractivity (Wildman–Crippen MR) is 66.5 cm³/mol. The Morgan fingerprint density at radius 1 is 1.21 bits per heavy atom. The van der Waals surface area contributed by atoms with Crippen molar-refractivity contribution in [1.29, 1.82) is 0 Å². The summed E-state index contributed by atoms with van der Waals surface area (Å²) in [6, 6.07) is 9.70. The van der Waals surface area contributed by atoms with Crippen molar-refractivity contribution >= 4 is 26.0 Å². The Morgan fingerprint density at radius 3 is 2.43 bits per heavy atom. The highest BCUT2D eigenvalue weighted by Crippen LogP contribution is 2.21. The summed E-state index contributed by atoms with van der Waals surface area (Å²) in [5, 5.41) is 0. The molecule has 0 N–H and O–H groups in total. The number of para-hydroxylation sites is 1. The van der Waals surface area contributed by atoms with E-state index >= 15 is 0 Å². The van der Waals surface area contributed by atoms with Crippen LogP contribution in [0.4, 0.5) is 0 Å². The lowest BCUT2D eigenvalue weighted by Gasteiger charge is -2.07. The van der Waals surface area contributed by atoms with Crippen LogP contribution in [0.25, 0.3) is 0 Å². The first-order chi connectivity index (χ1) is 6.29. The van der Waals surface area contributed by atoms with E-state index in [-0.39, 0.29) is 26.0 Å². The highest BCUT2D eigenvalue weighted by molar-refractivity contribution is 8.93. The van der Waals surface area contributed by atoms with Crippen molar-refractivity contribution in [3.8, 4) is 5.75 Å². The molecule has 1 rings (SSSR count). The van der Waals surface area contributed by atoms with E-state index < -0.39 is 0 Å². The van der Waals surface area contributed by atoms with E-state index in [9.17, 15) is 0 Å². The first-order valence-electron chi connectivity index (χ1n) is 4.37. The van der Waals surface area contributed by atoms with Gasteiger partial charge in [0.1, 0.15) is 5.75 Å². The maximum atomic E-state index is 5.36. The Morgan fingerprint density at radius 2 is 1.86 bits per heavy atom. The van der Waals surface area contributed by atoms with E-state index in [1.54, 1.807) is 0 Å². The summed E-state index contributed by atoms with van der Waals surface area (Å²) in [5.74, 6) is 1.43. The monoisotopic (exact) mass is 278 g/mol. The van der Waals surface area contributed by atoms with Gasteiger partial charge in [-0.1, -0.05) is 32.0 Å². The molecule has 0 aromatic heterocycles. The van der Waals surface area contributed by atoms with Crippen LogP contribution < -0.4 is 4.52 Å². The van der Waals surface area contributed by atoms with Gasteiger partial charge in [-0.25, -0.2) is 0 Å². The van der Waals surface area contributed by atoms with Gasteiger partial charge in [-0.3, -0.25) is 0 Å². The Kier molecular flexibility index (Phi) is 8.15. The largest absolute Gasteiger partial charge is 0.450 e. The number of hydrogen-bond donors (Lipinski definition) is 0. The van der Waals surface area contributed by atoms with Gasteiger partial charge in [0.2, 0.25) is 9.03 Å². The fraction of sp³-hybridized carbons (Fsp3) is 0.400. The maximum absolute atomic E-state index is 5.36. The molecule has 1 atom stereocenters. The van der Waals surface area contributed by atoms with Crippen molar-refractivity contribution in [3.05, 3.63) is 30.3 Å². The molecule has 14 heavy (non-hydrogen) atoms. The fourth-order valence-electron chi connectivity index (χ4n) is 0.767. The van der Waals surface area contributed by atoms with Gasteiger partial charge in [-0.05, 0) is 18.1 Å². The zero-order valence-corrected chi connectivity index (χ0v) is 11.1. The fourth-order valence-corrected chi connectivity index (χ4v) is 1.46. The molecule has 0 bridgehead atoms. The van der Waals surface area contributed by atoms with Crippen LogP contribution in [0.1, 0.15) is 13.8 Å². The second kappa shape index (κ2) is 8.22. The minimum Gasteiger partial charge on any atom is -0.450 e. The maximum Gasteiger partial charge on any atom is 0.215 e. The summed E-state index contributed by atoms with van der Waals surface area (Å²) in [7, 11) is 0.102. The van der Waals surface area contributed by atoms with Gasteiger partial charge in [0.05, 0.1) is 6.61 Å². The summed E-state index contributed by atoms with van der Waals surface area (Å²) in [5.41, 5.74) is 0. The highest BCUT2D eigenvalue weighted by Gasteiger charge is 1.94. The zero-order chi connectivity index (χ0) is 9.52. The first kappa shape index (κ1) is 13.9. The van der Waals surface area contributed by atoms with Crippen LogP contribution in [-0.2, 0) is 4.52 Å². The molecule has 0 heterocycles. The van der Waals surface area contributed by atoms with Crippen molar-refractivity contribution in [1.82, 2.24) is 0 Å². The van der Waals surface area contributed by atoms with E-state index in [1.165, 1.54) is 0 Å². The predicted octanol–water partition coefficient (Wildman–Crippen LogP) is 3.82. The lowest BCUT2D eigenvalue weighted by molar-refractivity contribution is 0.283. The summed E-state index contributed by atoms with van der Waals surface area (Å²) in [6.45, 7) is 4.99. The molecule has 0 aliphatic rings. The van der Waals surface area contributed by atoms with Crippen LogP contribution in [0.2, 0.25) is 0 Å². The van der Waals surface area contributed by atoms with Gasteiger partial charge >= 0.3 is 0 Å². The van der Waals surface area contributed by atoms with Crippen LogP contribution in [-0.4, -0.2) is 6.61 Å². The van der Waals surface area contributed by atoms with Crippen LogP contribution in [0.3, 0.4) is 0 Å². The summed E-state index contributed by atoms with van der Waals surface area (Å²) >= 11 is 0. The van der Waals surface area contributed by atoms with Crippen molar-refractivity contribution in [3.63, 3.8) is 0 Å². The minimum absolute atomic E-state index is 0. The van der Waals surface area contributed by atoms with Crippen LogP contribution in [0.15, 0.2) is 30.3 Å². The molecule has 0 saturated heterocycles. The molecule has 2 nitrogen and oxygen atoms in total. The van der Waals surface area contributed by atoms with E-state index in [4.69, 9.17) is 9.05 Å². The van der Waals surface area contributed by atoms with Gasteiger partial charge in [-0.15, -0.1) is 17.0 Å². The zero-order valence-electron chi connectivity index (χ0n) is 8.40. The second-order valence-corrected chi connectivity index (χ2v) is 3.86. The molecule has 0 amide bonds. The minimum atomic E-state index is 0. The van der Waals surface area contributed by atoms with Crippen molar-refractivity contribution < 1.29 is 9.05 Å². The Bertz CT molecular complexity index is 229. The number of rotatable bonds is 5. The molecule has 0 spiro atoms. The van der Waals surface area contributed by atoms with Crippen molar-refractivity contribution in [2.45, 2.75) is 13.8 Å². The van der Waals surface area contributed by atoms with Gasteiger partial charge < -0.3 is 9.05 Å². The Balaban J connectivity index is 0.00000169. The van der Waals surface area contributed by atoms with Crippen molar-refractivity contribution in [2.75, 3.05) is 6.61 Å². The smallest absolute Gasteiger partial charge is 0.215 e. The molecule has 1 aromatic carbocycles. The lowest BCUT2D eigenvalue weighted by atomic mass is 10.2. The molecular formula is C10H16BrO2P. The average Bonchev–Trinajstić information content (AvgIpc) is 2.14. The lowest BCUT2D eigenvalue weighted by Crippen LogP contribution is -1.96. The first-order valence-corrected chi connectivity index (χ1v) is 5.19. The third-order valence-electron chi connectivity index (χ3n) is 1.38. The average molecular weight is 279 g/mol. The van der Waals surface area contributed by atoms with Gasteiger partial charge in [0.25, 0.3) is 0 Å². The quantitative estimate of drug-likeness (QED) is 0.602. The van der Waals surface area contributed by atoms with E-state index in [1.807, 2.05) is 30.3 Å². The van der Waals surface area contributed by atoms with E-state index in [0.717, 1.165) is 12.4 Å². The standard InChI is InChI=1S/C10H15O2P.BrH/c1-9(2)8-11-13-12-10-6-4-3-5-7-10;/h3-7,9,13H,8H2,1-2H3;1H. The topological polar surface area (TPSA) is 18.5 Å². The summed E-state index contributed by atoms with van der Waals surface area (Å²) in [4.78, 5) is 0. The Hall–Kier alpha value is -0.110. The number of hydrogen-bond acceptors (Lipinski definition) is 2. The molecule has 0 radical (unpaired) electrons. The highest BCUT2D eigenvalue weighted by atomic mass is 79.9. The molecule has 80 valence electrons. The van der Waals surface area contributed by atoms with Crippen LogP contribution in [0.5, 0.6) is 5.75 Å². The van der Waals surface area contributed by atoms with E-state index in [2.05, 4.69) is 13.8 Å². The molecular weight excluding hydrogens is 263 g/mol. The molecule has 0 saturated carbocycles. The van der Waals surface area contributed by atoms with Crippen molar-refractivity contribution in [2.24, 2.45) is 5.92 Å². The van der Waals surface area contributed by atoms with Gasteiger partial charge in [0, 0.05) is 0 Å². The SMILES string of the molecule is Br.CC(C)COPOc1ccccc1. The number of halogens is 1. The second-order valence-electron chi connectivity index (χ2n) is 3.20. The third kappa shape index (κ3) is 6.36. The third-order valence-corrected chi connectivity index (χ3v) is 1.98. The van der Waals surface area contributed by atoms with Crippen LogP contribution >= 0.6 is 26.0 Å². The molecule has 0 aliphatic heterocycles. The molecule has 4 heteroatoms. The van der Waals surface area contributed by atoms with Crippen LogP contribution in [0, 0.1) is 5.92 Å². The molecule has 1 unspecified atom stereocenters. The van der Waals surface area contributed by atoms with Gasteiger partial charge in [0.15, 0.2) is 0 Å².